The van der Waals surface area contributed by atoms with E-state index in [1.54, 1.807) is 18.3 Å². The monoisotopic (exact) mass is 301 g/mol. The predicted octanol–water partition coefficient (Wildman–Crippen LogP) is 3.61. The molecule has 0 fully saturated rings. The van der Waals surface area contributed by atoms with Crippen LogP contribution in [0.3, 0.4) is 0 Å². The number of hydrogen-bond acceptors (Lipinski definition) is 3. The van der Waals surface area contributed by atoms with Crippen LogP contribution in [0.5, 0.6) is 0 Å². The first-order chi connectivity index (χ1) is 10.7. The van der Waals surface area contributed by atoms with Crippen molar-refractivity contribution in [2.24, 2.45) is 0 Å². The van der Waals surface area contributed by atoms with Gasteiger partial charge in [-0.1, -0.05) is 19.1 Å². The molecular formula is C17H20FN3O. The zero-order valence-electron chi connectivity index (χ0n) is 12.6. The first-order valence-electron chi connectivity index (χ1n) is 7.41. The van der Waals surface area contributed by atoms with Crippen molar-refractivity contribution >= 4 is 17.4 Å². The molecule has 1 heterocycles. The van der Waals surface area contributed by atoms with Crippen molar-refractivity contribution in [2.75, 3.05) is 17.2 Å². The second kappa shape index (κ2) is 8.12. The molecular weight excluding hydrogens is 281 g/mol. The van der Waals surface area contributed by atoms with Crippen LogP contribution in [-0.4, -0.2) is 17.4 Å². The van der Waals surface area contributed by atoms with Gasteiger partial charge in [-0.2, -0.15) is 0 Å². The number of anilines is 2. The topological polar surface area (TPSA) is 54.0 Å². The fraction of sp³-hybridized carbons (Fsp3) is 0.294. The van der Waals surface area contributed by atoms with Crippen LogP contribution in [0.2, 0.25) is 0 Å². The summed E-state index contributed by atoms with van der Waals surface area (Å²) in [4.78, 5) is 15.7. The lowest BCUT2D eigenvalue weighted by molar-refractivity contribution is -0.116. The summed E-state index contributed by atoms with van der Waals surface area (Å²) in [6, 6.07) is 10.1. The summed E-state index contributed by atoms with van der Waals surface area (Å²) in [6.07, 6.45) is 3.75. The van der Waals surface area contributed by atoms with Crippen molar-refractivity contribution in [3.63, 3.8) is 0 Å². The predicted molar refractivity (Wildman–Crippen MR) is 86.4 cm³/mol. The average molecular weight is 301 g/mol. The van der Waals surface area contributed by atoms with Crippen LogP contribution >= 0.6 is 0 Å². The van der Waals surface area contributed by atoms with Gasteiger partial charge in [0.05, 0.1) is 11.9 Å². The van der Waals surface area contributed by atoms with E-state index in [1.807, 2.05) is 19.1 Å². The van der Waals surface area contributed by atoms with E-state index in [0.717, 1.165) is 24.2 Å². The maximum Gasteiger partial charge on any atom is 0.224 e. The molecule has 0 aliphatic rings. The van der Waals surface area contributed by atoms with Gasteiger partial charge in [0.15, 0.2) is 0 Å². The molecule has 0 atom stereocenters. The summed E-state index contributed by atoms with van der Waals surface area (Å²) in [5.41, 5.74) is 1.76. The highest BCUT2D eigenvalue weighted by molar-refractivity contribution is 5.90. The number of pyridine rings is 1. The van der Waals surface area contributed by atoms with E-state index < -0.39 is 0 Å². The van der Waals surface area contributed by atoms with E-state index in [-0.39, 0.29) is 11.7 Å². The summed E-state index contributed by atoms with van der Waals surface area (Å²) in [7, 11) is 0. The molecule has 2 N–H and O–H groups in total. The van der Waals surface area contributed by atoms with Gasteiger partial charge >= 0.3 is 0 Å². The standard InChI is InChI=1S/C17H20FN3O/c1-2-3-17(22)21-15-8-9-16(20-12-15)19-11-10-13-4-6-14(18)7-5-13/h4-9,12H,2-3,10-11H2,1H3,(H,19,20)(H,21,22). The molecule has 5 heteroatoms. The zero-order valence-corrected chi connectivity index (χ0v) is 12.6. The highest BCUT2D eigenvalue weighted by atomic mass is 19.1. The smallest absolute Gasteiger partial charge is 0.224 e. The zero-order chi connectivity index (χ0) is 15.8. The minimum atomic E-state index is -0.223. The van der Waals surface area contributed by atoms with Crippen molar-refractivity contribution in [1.29, 1.82) is 0 Å². The van der Waals surface area contributed by atoms with E-state index in [9.17, 15) is 9.18 Å². The lowest BCUT2D eigenvalue weighted by Gasteiger charge is -2.08. The quantitative estimate of drug-likeness (QED) is 0.821. The van der Waals surface area contributed by atoms with Gasteiger partial charge in [0.25, 0.3) is 0 Å². The Morgan fingerprint density at radius 2 is 1.95 bits per heavy atom. The molecule has 0 saturated carbocycles. The molecule has 2 rings (SSSR count). The average Bonchev–Trinajstić information content (AvgIpc) is 2.51. The maximum atomic E-state index is 12.8. The summed E-state index contributed by atoms with van der Waals surface area (Å²) < 4.78 is 12.8. The molecule has 0 bridgehead atoms. The molecule has 0 aliphatic heterocycles. The molecule has 4 nitrogen and oxygen atoms in total. The minimum Gasteiger partial charge on any atom is -0.370 e. The van der Waals surface area contributed by atoms with Gasteiger partial charge in [0, 0.05) is 13.0 Å². The molecule has 0 spiro atoms. The fourth-order valence-corrected chi connectivity index (χ4v) is 2.01. The Labute approximate surface area is 129 Å². The van der Waals surface area contributed by atoms with Crippen LogP contribution in [0.4, 0.5) is 15.9 Å². The fourth-order valence-electron chi connectivity index (χ4n) is 2.01. The van der Waals surface area contributed by atoms with Gasteiger partial charge in [0.1, 0.15) is 11.6 Å². The summed E-state index contributed by atoms with van der Waals surface area (Å²) in [5.74, 6) is 0.524. The molecule has 0 radical (unpaired) electrons. The van der Waals surface area contributed by atoms with E-state index >= 15 is 0 Å². The SMILES string of the molecule is CCCC(=O)Nc1ccc(NCCc2ccc(F)cc2)nc1. The molecule has 1 aromatic heterocycles. The molecule has 0 aliphatic carbocycles. The first kappa shape index (κ1) is 15.9. The molecule has 22 heavy (non-hydrogen) atoms. The van der Waals surface area contributed by atoms with Crippen LogP contribution < -0.4 is 10.6 Å². The normalized spacial score (nSPS) is 10.3. The molecule has 1 amide bonds. The van der Waals surface area contributed by atoms with Crippen LogP contribution in [0.25, 0.3) is 0 Å². The van der Waals surface area contributed by atoms with Gasteiger partial charge in [-0.05, 0) is 42.7 Å². The Morgan fingerprint density at radius 3 is 2.59 bits per heavy atom. The van der Waals surface area contributed by atoms with Crippen molar-refractivity contribution in [2.45, 2.75) is 26.2 Å². The highest BCUT2D eigenvalue weighted by Gasteiger charge is 2.01. The van der Waals surface area contributed by atoms with Gasteiger partial charge < -0.3 is 10.6 Å². The number of halogens is 1. The number of amides is 1. The van der Waals surface area contributed by atoms with Crippen LogP contribution in [0.1, 0.15) is 25.3 Å². The summed E-state index contributed by atoms with van der Waals surface area (Å²) in [6.45, 7) is 2.67. The number of carbonyl (C=O) groups is 1. The van der Waals surface area contributed by atoms with Crippen LogP contribution in [-0.2, 0) is 11.2 Å². The third-order valence-corrected chi connectivity index (χ3v) is 3.16. The van der Waals surface area contributed by atoms with Crippen molar-refractivity contribution in [3.8, 4) is 0 Å². The number of benzene rings is 1. The Balaban J connectivity index is 1.78. The molecule has 2 aromatic rings. The van der Waals surface area contributed by atoms with Crippen molar-refractivity contribution < 1.29 is 9.18 Å². The van der Waals surface area contributed by atoms with Crippen LogP contribution in [0, 0.1) is 5.82 Å². The molecule has 0 saturated heterocycles. The van der Waals surface area contributed by atoms with E-state index in [1.165, 1.54) is 12.1 Å². The number of aromatic nitrogens is 1. The molecule has 0 unspecified atom stereocenters. The van der Waals surface area contributed by atoms with E-state index in [4.69, 9.17) is 0 Å². The third-order valence-electron chi connectivity index (χ3n) is 3.16. The third kappa shape index (κ3) is 5.16. The second-order valence-corrected chi connectivity index (χ2v) is 5.03. The summed E-state index contributed by atoms with van der Waals surface area (Å²) in [5, 5.41) is 5.99. The van der Waals surface area contributed by atoms with Crippen LogP contribution in [0.15, 0.2) is 42.6 Å². The first-order valence-corrected chi connectivity index (χ1v) is 7.41. The second-order valence-electron chi connectivity index (χ2n) is 5.03. The van der Waals surface area contributed by atoms with E-state index in [2.05, 4.69) is 15.6 Å². The Kier molecular flexibility index (Phi) is 5.89. The summed E-state index contributed by atoms with van der Waals surface area (Å²) >= 11 is 0. The van der Waals surface area contributed by atoms with Gasteiger partial charge in [-0.15, -0.1) is 0 Å². The number of nitrogens with zero attached hydrogens (tertiary/aromatic N) is 1. The Hall–Kier alpha value is -2.43. The Morgan fingerprint density at radius 1 is 1.18 bits per heavy atom. The van der Waals surface area contributed by atoms with Crippen molar-refractivity contribution in [3.05, 3.63) is 54.0 Å². The Bertz CT molecular complexity index is 596. The number of rotatable bonds is 7. The number of carbonyl (C=O) groups excluding carboxylic acids is 1. The van der Waals surface area contributed by atoms with Crippen molar-refractivity contribution in [1.82, 2.24) is 4.98 Å². The minimum absolute atomic E-state index is 0.00122. The lowest BCUT2D eigenvalue weighted by atomic mass is 10.1. The molecule has 1 aromatic carbocycles. The maximum absolute atomic E-state index is 12.8. The number of nitrogens with one attached hydrogen (secondary N) is 2. The largest absolute Gasteiger partial charge is 0.370 e. The lowest BCUT2D eigenvalue weighted by Crippen LogP contribution is -2.11. The van der Waals surface area contributed by atoms with Gasteiger partial charge in [-0.25, -0.2) is 9.37 Å². The van der Waals surface area contributed by atoms with Gasteiger partial charge in [-0.3, -0.25) is 4.79 Å². The number of hydrogen-bond donors (Lipinski definition) is 2. The van der Waals surface area contributed by atoms with Gasteiger partial charge in [0.2, 0.25) is 5.91 Å². The van der Waals surface area contributed by atoms with E-state index in [0.29, 0.717) is 18.7 Å². The molecule has 116 valence electrons. The highest BCUT2D eigenvalue weighted by Crippen LogP contribution is 2.11.